The van der Waals surface area contributed by atoms with Crippen LogP contribution in [0.25, 0.3) is 0 Å². The van der Waals surface area contributed by atoms with Crippen molar-refractivity contribution in [2.45, 2.75) is 50.7 Å². The van der Waals surface area contributed by atoms with E-state index < -0.39 is 11.7 Å². The molecule has 1 N–H and O–H groups in total. The zero-order chi connectivity index (χ0) is 13.9. The molecular weight excluding hydrogens is 262 g/mol. The lowest BCUT2D eigenvalue weighted by Crippen LogP contribution is -2.47. The number of hydrogen-bond acceptors (Lipinski definition) is 3. The van der Waals surface area contributed by atoms with Gasteiger partial charge in [-0.25, -0.2) is 0 Å². The third-order valence-electron chi connectivity index (χ3n) is 4.40. The van der Waals surface area contributed by atoms with Gasteiger partial charge >= 0.3 is 0 Å². The molecule has 4 heteroatoms. The molecule has 2 rings (SSSR count). The number of nitrogens with zero attached hydrogens (tertiary/aromatic N) is 1. The van der Waals surface area contributed by atoms with Crippen molar-refractivity contribution in [3.8, 4) is 0 Å². The molecule has 1 saturated carbocycles. The SMILES string of the molecule is COC1(C(O)Cc2ccncc2Cl)CCC(C)CC1. The summed E-state index contributed by atoms with van der Waals surface area (Å²) in [5.41, 5.74) is 0.512. The van der Waals surface area contributed by atoms with Crippen molar-refractivity contribution in [3.05, 3.63) is 29.0 Å². The molecule has 0 spiro atoms. The van der Waals surface area contributed by atoms with Crippen molar-refractivity contribution in [1.29, 1.82) is 0 Å². The molecule has 1 aromatic heterocycles. The second kappa shape index (κ2) is 6.21. The van der Waals surface area contributed by atoms with E-state index in [1.807, 2.05) is 6.07 Å². The maximum absolute atomic E-state index is 10.6. The molecule has 0 aliphatic heterocycles. The molecule has 1 fully saturated rings. The topological polar surface area (TPSA) is 42.4 Å². The molecule has 1 heterocycles. The summed E-state index contributed by atoms with van der Waals surface area (Å²) in [6.45, 7) is 2.26. The predicted molar refractivity (Wildman–Crippen MR) is 76.3 cm³/mol. The number of hydrogen-bond donors (Lipinski definition) is 1. The molecule has 0 saturated heterocycles. The van der Waals surface area contributed by atoms with E-state index in [0.717, 1.165) is 37.2 Å². The summed E-state index contributed by atoms with van der Waals surface area (Å²) in [5.74, 6) is 0.722. The molecule has 3 nitrogen and oxygen atoms in total. The summed E-state index contributed by atoms with van der Waals surface area (Å²) in [6.07, 6.45) is 7.35. The van der Waals surface area contributed by atoms with Crippen LogP contribution in [0.3, 0.4) is 0 Å². The lowest BCUT2D eigenvalue weighted by atomic mass is 9.75. The molecule has 0 amide bonds. The van der Waals surface area contributed by atoms with Gasteiger partial charge in [0.25, 0.3) is 0 Å². The number of rotatable bonds is 4. The first-order valence-electron chi connectivity index (χ1n) is 6.89. The highest BCUT2D eigenvalue weighted by Gasteiger charge is 2.40. The molecule has 0 radical (unpaired) electrons. The van der Waals surface area contributed by atoms with Gasteiger partial charge < -0.3 is 9.84 Å². The van der Waals surface area contributed by atoms with Gasteiger partial charge in [-0.2, -0.15) is 0 Å². The summed E-state index contributed by atoms with van der Waals surface area (Å²) >= 11 is 6.10. The predicted octanol–water partition coefficient (Wildman–Crippen LogP) is 3.23. The van der Waals surface area contributed by atoms with Gasteiger partial charge in [-0.3, -0.25) is 4.98 Å². The van der Waals surface area contributed by atoms with Gasteiger partial charge in [-0.05, 0) is 43.2 Å². The van der Waals surface area contributed by atoms with Gasteiger partial charge in [0, 0.05) is 25.9 Å². The first-order valence-corrected chi connectivity index (χ1v) is 7.27. The highest BCUT2D eigenvalue weighted by atomic mass is 35.5. The Labute approximate surface area is 120 Å². The van der Waals surface area contributed by atoms with Crippen LogP contribution in [0, 0.1) is 5.92 Å². The van der Waals surface area contributed by atoms with Gasteiger partial charge in [0.15, 0.2) is 0 Å². The monoisotopic (exact) mass is 283 g/mol. The van der Waals surface area contributed by atoms with Crippen LogP contribution >= 0.6 is 11.6 Å². The first kappa shape index (κ1) is 14.8. The maximum Gasteiger partial charge on any atom is 0.0939 e. The van der Waals surface area contributed by atoms with Crippen molar-refractivity contribution in [3.63, 3.8) is 0 Å². The van der Waals surface area contributed by atoms with Crippen LogP contribution < -0.4 is 0 Å². The smallest absolute Gasteiger partial charge is 0.0939 e. The van der Waals surface area contributed by atoms with E-state index in [0.29, 0.717) is 11.4 Å². The minimum absolute atomic E-state index is 0.418. The third kappa shape index (κ3) is 3.28. The van der Waals surface area contributed by atoms with Crippen LogP contribution in [0.2, 0.25) is 5.02 Å². The van der Waals surface area contributed by atoms with Crippen molar-refractivity contribution in [2.24, 2.45) is 5.92 Å². The van der Waals surface area contributed by atoms with Crippen molar-refractivity contribution < 1.29 is 9.84 Å². The normalized spacial score (nSPS) is 29.2. The molecule has 1 unspecified atom stereocenters. The zero-order valence-electron chi connectivity index (χ0n) is 11.6. The number of pyridine rings is 1. The lowest BCUT2D eigenvalue weighted by Gasteiger charge is -2.41. The Kier molecular flexibility index (Phi) is 4.82. The largest absolute Gasteiger partial charge is 0.390 e. The van der Waals surface area contributed by atoms with Crippen LogP contribution in [-0.2, 0) is 11.2 Å². The Morgan fingerprint density at radius 2 is 2.21 bits per heavy atom. The highest BCUT2D eigenvalue weighted by molar-refractivity contribution is 6.31. The molecule has 19 heavy (non-hydrogen) atoms. The Bertz CT molecular complexity index is 416. The van der Waals surface area contributed by atoms with E-state index in [2.05, 4.69) is 11.9 Å². The fraction of sp³-hybridized carbons (Fsp3) is 0.667. The van der Waals surface area contributed by atoms with Crippen LogP contribution in [0.5, 0.6) is 0 Å². The molecule has 106 valence electrons. The third-order valence-corrected chi connectivity index (χ3v) is 4.74. The van der Waals surface area contributed by atoms with Crippen LogP contribution in [-0.4, -0.2) is 28.9 Å². The molecule has 1 aliphatic rings. The molecule has 0 bridgehead atoms. The minimum atomic E-state index is -0.523. The fourth-order valence-corrected chi connectivity index (χ4v) is 3.08. The Morgan fingerprint density at radius 3 is 2.79 bits per heavy atom. The van der Waals surface area contributed by atoms with Crippen molar-refractivity contribution >= 4 is 11.6 Å². The molecule has 1 aromatic rings. The Balaban J connectivity index is 2.09. The minimum Gasteiger partial charge on any atom is -0.390 e. The van der Waals surface area contributed by atoms with Crippen LogP contribution in [0.4, 0.5) is 0 Å². The van der Waals surface area contributed by atoms with Gasteiger partial charge in [0.05, 0.1) is 16.7 Å². The fourth-order valence-electron chi connectivity index (χ4n) is 2.89. The van der Waals surface area contributed by atoms with E-state index in [1.54, 1.807) is 19.5 Å². The second-order valence-corrected chi connectivity index (χ2v) is 6.05. The average Bonchev–Trinajstić information content (AvgIpc) is 2.42. The summed E-state index contributed by atoms with van der Waals surface area (Å²) < 4.78 is 5.69. The molecular formula is C15H22ClNO2. The van der Waals surface area contributed by atoms with Crippen molar-refractivity contribution in [2.75, 3.05) is 7.11 Å². The van der Waals surface area contributed by atoms with Crippen LogP contribution in [0.15, 0.2) is 18.5 Å². The van der Waals surface area contributed by atoms with E-state index in [4.69, 9.17) is 16.3 Å². The molecule has 0 aromatic carbocycles. The number of halogens is 1. The number of aromatic nitrogens is 1. The Hall–Kier alpha value is -0.640. The standard InChI is InChI=1S/C15H22ClNO2/c1-11-3-6-15(19-2,7-4-11)14(18)9-12-5-8-17-10-13(12)16/h5,8,10-11,14,18H,3-4,6-7,9H2,1-2H3. The lowest BCUT2D eigenvalue weighted by molar-refractivity contribution is -0.127. The Morgan fingerprint density at radius 1 is 1.53 bits per heavy atom. The number of ether oxygens (including phenoxy) is 1. The number of aliphatic hydroxyl groups excluding tert-OH is 1. The summed E-state index contributed by atoms with van der Waals surface area (Å²) in [7, 11) is 1.70. The number of methoxy groups -OCH3 is 1. The van der Waals surface area contributed by atoms with Gasteiger partial charge in [-0.1, -0.05) is 18.5 Å². The van der Waals surface area contributed by atoms with E-state index >= 15 is 0 Å². The summed E-state index contributed by atoms with van der Waals surface area (Å²) in [4.78, 5) is 3.97. The highest BCUT2D eigenvalue weighted by Crippen LogP contribution is 2.38. The average molecular weight is 284 g/mol. The van der Waals surface area contributed by atoms with Gasteiger partial charge in [0.1, 0.15) is 0 Å². The first-order chi connectivity index (χ1) is 9.07. The van der Waals surface area contributed by atoms with Gasteiger partial charge in [-0.15, -0.1) is 0 Å². The quantitative estimate of drug-likeness (QED) is 0.922. The van der Waals surface area contributed by atoms with E-state index in [1.165, 1.54) is 0 Å². The van der Waals surface area contributed by atoms with Gasteiger partial charge in [0.2, 0.25) is 0 Å². The van der Waals surface area contributed by atoms with E-state index in [9.17, 15) is 5.11 Å². The van der Waals surface area contributed by atoms with E-state index in [-0.39, 0.29) is 0 Å². The zero-order valence-corrected chi connectivity index (χ0v) is 12.4. The number of aliphatic hydroxyl groups is 1. The summed E-state index contributed by atoms with van der Waals surface area (Å²) in [6, 6.07) is 1.86. The molecule has 1 atom stereocenters. The second-order valence-electron chi connectivity index (χ2n) is 5.64. The maximum atomic E-state index is 10.6. The molecule has 1 aliphatic carbocycles. The van der Waals surface area contributed by atoms with Crippen molar-refractivity contribution in [1.82, 2.24) is 4.98 Å². The summed E-state index contributed by atoms with van der Waals surface area (Å²) in [5, 5.41) is 11.2. The van der Waals surface area contributed by atoms with Crippen LogP contribution in [0.1, 0.15) is 38.2 Å².